The molecule has 1 unspecified atom stereocenters. The molecule has 0 aliphatic carbocycles. The lowest BCUT2D eigenvalue weighted by Gasteiger charge is -2.42. The number of methoxy groups -OCH3 is 2. The van der Waals surface area contributed by atoms with Crippen molar-refractivity contribution < 1.29 is 33.6 Å². The van der Waals surface area contributed by atoms with Crippen molar-refractivity contribution in [3.8, 4) is 5.75 Å². The molecule has 7 nitrogen and oxygen atoms in total. The highest BCUT2D eigenvalue weighted by atomic mass is 16.7. The number of aliphatic hydroxyl groups is 1. The summed E-state index contributed by atoms with van der Waals surface area (Å²) in [7, 11) is 3.05. The summed E-state index contributed by atoms with van der Waals surface area (Å²) in [5.41, 5.74) is 0.901. The van der Waals surface area contributed by atoms with E-state index in [-0.39, 0.29) is 6.61 Å². The summed E-state index contributed by atoms with van der Waals surface area (Å²) in [5, 5.41) is 10.4. The van der Waals surface area contributed by atoms with E-state index in [4.69, 9.17) is 23.7 Å². The van der Waals surface area contributed by atoms with E-state index in [0.29, 0.717) is 0 Å². The van der Waals surface area contributed by atoms with Crippen LogP contribution < -0.4 is 4.74 Å². The summed E-state index contributed by atoms with van der Waals surface area (Å²) >= 11 is 0. The smallest absolute Gasteiger partial charge is 0.303 e. The molecule has 0 radical (unpaired) electrons. The van der Waals surface area contributed by atoms with Gasteiger partial charge in [-0.25, -0.2) is 0 Å². The van der Waals surface area contributed by atoms with Crippen LogP contribution in [0, 0.1) is 0 Å². The van der Waals surface area contributed by atoms with Crippen LogP contribution >= 0.6 is 0 Å². The second kappa shape index (κ2) is 8.43. The highest BCUT2D eigenvalue weighted by Crippen LogP contribution is 2.27. The molecular formula is C17H24O7. The fourth-order valence-corrected chi connectivity index (χ4v) is 2.60. The van der Waals surface area contributed by atoms with Crippen molar-refractivity contribution in [2.45, 2.75) is 51.2 Å². The van der Waals surface area contributed by atoms with Crippen LogP contribution in [0.15, 0.2) is 24.3 Å². The van der Waals surface area contributed by atoms with E-state index in [1.807, 2.05) is 24.3 Å². The van der Waals surface area contributed by atoms with Crippen molar-refractivity contribution >= 4 is 5.97 Å². The monoisotopic (exact) mass is 340 g/mol. The number of benzene rings is 1. The topological polar surface area (TPSA) is 83.5 Å². The largest absolute Gasteiger partial charge is 0.497 e. The fourth-order valence-electron chi connectivity index (χ4n) is 2.60. The highest BCUT2D eigenvalue weighted by Gasteiger charge is 2.46. The van der Waals surface area contributed by atoms with Crippen molar-refractivity contribution in [1.29, 1.82) is 0 Å². The minimum Gasteiger partial charge on any atom is -0.497 e. The normalized spacial score (nSPS) is 30.0. The second-order valence-electron chi connectivity index (χ2n) is 5.63. The predicted octanol–water partition coefficient (Wildman–Crippen LogP) is 1.26. The first-order valence-corrected chi connectivity index (χ1v) is 7.74. The van der Waals surface area contributed by atoms with Crippen molar-refractivity contribution in [1.82, 2.24) is 0 Å². The molecular weight excluding hydrogens is 316 g/mol. The molecule has 0 aromatic heterocycles. The van der Waals surface area contributed by atoms with E-state index < -0.39 is 36.7 Å². The number of carbonyl (C=O) groups is 1. The number of hydrogen-bond donors (Lipinski definition) is 1. The van der Waals surface area contributed by atoms with Crippen molar-refractivity contribution in [2.24, 2.45) is 0 Å². The fraction of sp³-hybridized carbons (Fsp3) is 0.588. The van der Waals surface area contributed by atoms with Gasteiger partial charge in [-0.2, -0.15) is 0 Å². The van der Waals surface area contributed by atoms with Gasteiger partial charge in [0.25, 0.3) is 0 Å². The SMILES string of the molecule is COc1ccc(CO[C@@H]2[C@H](O)[C@H](C)OC(OC)[C@H]2OC(C)=O)cc1. The molecule has 1 aliphatic rings. The van der Waals surface area contributed by atoms with E-state index in [1.54, 1.807) is 14.0 Å². The van der Waals surface area contributed by atoms with E-state index in [2.05, 4.69) is 0 Å². The highest BCUT2D eigenvalue weighted by molar-refractivity contribution is 5.66. The van der Waals surface area contributed by atoms with Crippen LogP contribution in [0.5, 0.6) is 5.75 Å². The van der Waals surface area contributed by atoms with E-state index in [1.165, 1.54) is 14.0 Å². The zero-order valence-corrected chi connectivity index (χ0v) is 14.3. The van der Waals surface area contributed by atoms with E-state index in [9.17, 15) is 9.90 Å². The standard InChI is InChI=1S/C17H24O7/c1-10-14(19)15(16(24-11(2)18)17(21-4)23-10)22-9-12-5-7-13(20-3)8-6-12/h5-8,10,14-17,19H,9H2,1-4H3/t10-,14+,15+,16-,17?/m0/s1. The zero-order valence-electron chi connectivity index (χ0n) is 14.3. The molecule has 5 atom stereocenters. The van der Waals surface area contributed by atoms with Gasteiger partial charge in [-0.1, -0.05) is 12.1 Å². The number of ether oxygens (including phenoxy) is 5. The van der Waals surface area contributed by atoms with Crippen molar-refractivity contribution in [3.63, 3.8) is 0 Å². The lowest BCUT2D eigenvalue weighted by Crippen LogP contribution is -2.59. The molecule has 1 aliphatic heterocycles. The third-order valence-electron chi connectivity index (χ3n) is 3.89. The molecule has 0 bridgehead atoms. The average Bonchev–Trinajstić information content (AvgIpc) is 2.57. The Morgan fingerprint density at radius 2 is 1.88 bits per heavy atom. The molecule has 0 amide bonds. The maximum atomic E-state index is 11.4. The summed E-state index contributed by atoms with van der Waals surface area (Å²) in [6.45, 7) is 3.24. The van der Waals surface area contributed by atoms with E-state index >= 15 is 0 Å². The molecule has 0 spiro atoms. The number of aliphatic hydroxyl groups excluding tert-OH is 1. The molecule has 1 fully saturated rings. The third kappa shape index (κ3) is 4.45. The predicted molar refractivity (Wildman–Crippen MR) is 84.5 cm³/mol. The van der Waals surface area contributed by atoms with Crippen LogP contribution in [0.3, 0.4) is 0 Å². The molecule has 2 rings (SSSR count). The minimum absolute atomic E-state index is 0.243. The van der Waals surface area contributed by atoms with Gasteiger partial charge in [0.2, 0.25) is 0 Å². The van der Waals surface area contributed by atoms with Gasteiger partial charge in [-0.05, 0) is 24.6 Å². The van der Waals surface area contributed by atoms with Crippen molar-refractivity contribution in [2.75, 3.05) is 14.2 Å². The molecule has 1 aromatic rings. The lowest BCUT2D eigenvalue weighted by atomic mass is 9.99. The molecule has 1 N–H and O–H groups in total. The van der Waals surface area contributed by atoms with Gasteiger partial charge in [0.1, 0.15) is 18.0 Å². The summed E-state index contributed by atoms with van der Waals surface area (Å²) in [5.74, 6) is 0.251. The minimum atomic E-state index is -0.945. The third-order valence-corrected chi connectivity index (χ3v) is 3.89. The Hall–Kier alpha value is -1.67. The first-order chi connectivity index (χ1) is 11.5. The van der Waals surface area contributed by atoms with Crippen molar-refractivity contribution in [3.05, 3.63) is 29.8 Å². The number of carbonyl (C=O) groups excluding carboxylic acids is 1. The van der Waals surface area contributed by atoms with Gasteiger partial charge >= 0.3 is 5.97 Å². The summed E-state index contributed by atoms with van der Waals surface area (Å²) < 4.78 is 27.0. The summed E-state index contributed by atoms with van der Waals surface area (Å²) in [6.07, 6.45) is -3.86. The molecule has 0 saturated carbocycles. The Morgan fingerprint density at radius 1 is 1.21 bits per heavy atom. The summed E-state index contributed by atoms with van der Waals surface area (Å²) in [4.78, 5) is 11.4. The van der Waals surface area contributed by atoms with Crippen LogP contribution in [-0.2, 0) is 30.3 Å². The van der Waals surface area contributed by atoms with Crippen LogP contribution in [0.2, 0.25) is 0 Å². The Labute approximate surface area is 141 Å². The van der Waals surface area contributed by atoms with Gasteiger partial charge in [0, 0.05) is 14.0 Å². The quantitative estimate of drug-likeness (QED) is 0.781. The molecule has 1 aromatic carbocycles. The Kier molecular flexibility index (Phi) is 6.56. The number of hydrogen-bond acceptors (Lipinski definition) is 7. The molecule has 7 heteroatoms. The van der Waals surface area contributed by atoms with E-state index in [0.717, 1.165) is 11.3 Å². The van der Waals surface area contributed by atoms with Crippen LogP contribution in [0.4, 0.5) is 0 Å². The maximum Gasteiger partial charge on any atom is 0.303 e. The first kappa shape index (κ1) is 18.7. The molecule has 1 heterocycles. The Balaban J connectivity index is 2.10. The van der Waals surface area contributed by atoms with Gasteiger partial charge in [0.05, 0.1) is 19.8 Å². The molecule has 24 heavy (non-hydrogen) atoms. The molecule has 134 valence electrons. The van der Waals surface area contributed by atoms with Gasteiger partial charge in [0.15, 0.2) is 12.4 Å². The lowest BCUT2D eigenvalue weighted by molar-refractivity contribution is -0.298. The average molecular weight is 340 g/mol. The van der Waals surface area contributed by atoms with Gasteiger partial charge in [-0.15, -0.1) is 0 Å². The molecule has 1 saturated heterocycles. The van der Waals surface area contributed by atoms with Crippen LogP contribution in [0.25, 0.3) is 0 Å². The zero-order chi connectivity index (χ0) is 17.7. The number of rotatable bonds is 6. The van der Waals surface area contributed by atoms with Crippen LogP contribution in [-0.4, -0.2) is 56.0 Å². The van der Waals surface area contributed by atoms with Crippen LogP contribution in [0.1, 0.15) is 19.4 Å². The van der Waals surface area contributed by atoms with Gasteiger partial charge in [-0.3, -0.25) is 4.79 Å². The first-order valence-electron chi connectivity index (χ1n) is 7.74. The maximum absolute atomic E-state index is 11.4. The van der Waals surface area contributed by atoms with Gasteiger partial charge < -0.3 is 28.8 Å². The second-order valence-corrected chi connectivity index (χ2v) is 5.63. The Bertz CT molecular complexity index is 530. The summed E-state index contributed by atoms with van der Waals surface area (Å²) in [6, 6.07) is 7.37. The Morgan fingerprint density at radius 3 is 2.42 bits per heavy atom. The number of esters is 1.